The Morgan fingerprint density at radius 2 is 1.83 bits per heavy atom. The third-order valence-electron chi connectivity index (χ3n) is 4.11. The van der Waals surface area contributed by atoms with Crippen LogP contribution in [0.1, 0.15) is 49.4 Å². The van der Waals surface area contributed by atoms with Gasteiger partial charge in [-0.05, 0) is 52.5 Å². The van der Waals surface area contributed by atoms with E-state index >= 15 is 0 Å². The average Bonchev–Trinajstić information content (AvgIpc) is 2.76. The molecule has 0 saturated heterocycles. The second-order valence-electron chi connectivity index (χ2n) is 5.14. The Kier molecular flexibility index (Phi) is 5.83. The van der Waals surface area contributed by atoms with Gasteiger partial charge in [-0.1, -0.05) is 20.8 Å². The first-order valence-electron chi connectivity index (χ1n) is 6.98. The van der Waals surface area contributed by atoms with E-state index in [1.165, 1.54) is 9.75 Å². The molecule has 1 N–H and O–H groups in total. The summed E-state index contributed by atoms with van der Waals surface area (Å²) >= 11 is 1.92. The van der Waals surface area contributed by atoms with Crippen LogP contribution < -0.4 is 5.32 Å². The molecule has 0 fully saturated rings. The van der Waals surface area contributed by atoms with E-state index in [9.17, 15) is 0 Å². The molecular formula is C15H28N2S. The van der Waals surface area contributed by atoms with Gasteiger partial charge in [-0.25, -0.2) is 0 Å². The number of nitrogens with zero attached hydrogens (tertiary/aromatic N) is 1. The molecule has 0 aliphatic carbocycles. The fourth-order valence-corrected chi connectivity index (χ4v) is 3.98. The van der Waals surface area contributed by atoms with E-state index in [2.05, 4.69) is 64.1 Å². The zero-order valence-electron chi connectivity index (χ0n) is 12.7. The molecule has 0 bridgehead atoms. The number of rotatable bonds is 7. The van der Waals surface area contributed by atoms with Crippen molar-refractivity contribution in [2.75, 3.05) is 20.6 Å². The molecule has 1 aromatic heterocycles. The van der Waals surface area contributed by atoms with E-state index in [0.717, 1.165) is 19.4 Å². The van der Waals surface area contributed by atoms with Gasteiger partial charge in [0.1, 0.15) is 0 Å². The largest absolute Gasteiger partial charge is 0.308 e. The molecule has 0 aliphatic heterocycles. The highest BCUT2D eigenvalue weighted by atomic mass is 32.1. The first kappa shape index (κ1) is 15.7. The van der Waals surface area contributed by atoms with E-state index in [1.54, 1.807) is 0 Å². The summed E-state index contributed by atoms with van der Waals surface area (Å²) in [5, 5.41) is 3.71. The Bertz CT molecular complexity index is 353. The van der Waals surface area contributed by atoms with E-state index in [1.807, 2.05) is 11.3 Å². The van der Waals surface area contributed by atoms with Crippen LogP contribution in [0.25, 0.3) is 0 Å². The van der Waals surface area contributed by atoms with E-state index in [0.29, 0.717) is 6.04 Å². The van der Waals surface area contributed by atoms with Crippen LogP contribution in [0.5, 0.6) is 0 Å². The molecule has 0 radical (unpaired) electrons. The van der Waals surface area contributed by atoms with Gasteiger partial charge in [0, 0.05) is 15.3 Å². The minimum atomic E-state index is 0.202. The van der Waals surface area contributed by atoms with Crippen molar-refractivity contribution in [2.45, 2.75) is 52.1 Å². The quantitative estimate of drug-likeness (QED) is 0.808. The van der Waals surface area contributed by atoms with Gasteiger partial charge in [0.25, 0.3) is 0 Å². The summed E-state index contributed by atoms with van der Waals surface area (Å²) in [4.78, 5) is 5.26. The van der Waals surface area contributed by atoms with Crippen molar-refractivity contribution in [3.05, 3.63) is 21.9 Å². The van der Waals surface area contributed by atoms with E-state index < -0.39 is 0 Å². The Hall–Kier alpha value is -0.380. The smallest absolute Gasteiger partial charge is 0.0601 e. The highest BCUT2D eigenvalue weighted by molar-refractivity contribution is 7.12. The topological polar surface area (TPSA) is 15.3 Å². The molecule has 0 aliphatic rings. The van der Waals surface area contributed by atoms with Crippen molar-refractivity contribution in [3.8, 4) is 0 Å². The molecule has 0 saturated carbocycles. The van der Waals surface area contributed by atoms with Crippen molar-refractivity contribution < 1.29 is 0 Å². The highest BCUT2D eigenvalue weighted by Crippen LogP contribution is 2.38. The standard InChI is InChI=1S/C15H28N2S/c1-7-15(8-2,17(5)6)14(16-9-3)13-11-10-12(4)18-13/h10-11,14,16H,7-9H2,1-6H3. The minimum Gasteiger partial charge on any atom is -0.308 e. The van der Waals surface area contributed by atoms with Crippen molar-refractivity contribution in [1.82, 2.24) is 10.2 Å². The van der Waals surface area contributed by atoms with Gasteiger partial charge in [0.15, 0.2) is 0 Å². The summed E-state index contributed by atoms with van der Waals surface area (Å²) in [6.45, 7) is 9.99. The summed E-state index contributed by atoms with van der Waals surface area (Å²) in [6, 6.07) is 4.94. The lowest BCUT2D eigenvalue weighted by atomic mass is 9.82. The SMILES string of the molecule is CCNC(c1ccc(C)s1)C(CC)(CC)N(C)C. The van der Waals surface area contributed by atoms with Crippen molar-refractivity contribution in [2.24, 2.45) is 0 Å². The number of likely N-dealkylation sites (N-methyl/N-ethyl adjacent to an activating group) is 2. The Morgan fingerprint density at radius 3 is 2.17 bits per heavy atom. The lowest BCUT2D eigenvalue weighted by Crippen LogP contribution is -2.52. The number of hydrogen-bond donors (Lipinski definition) is 1. The first-order valence-corrected chi connectivity index (χ1v) is 7.80. The Morgan fingerprint density at radius 1 is 1.22 bits per heavy atom. The molecule has 1 rings (SSSR count). The highest BCUT2D eigenvalue weighted by Gasteiger charge is 2.38. The van der Waals surface area contributed by atoms with Gasteiger partial charge in [-0.15, -0.1) is 11.3 Å². The molecule has 1 atom stereocenters. The molecule has 1 unspecified atom stereocenters. The summed E-state index contributed by atoms with van der Waals surface area (Å²) in [7, 11) is 4.41. The van der Waals surface area contributed by atoms with Crippen LogP contribution in [0, 0.1) is 6.92 Å². The molecular weight excluding hydrogens is 240 g/mol. The molecule has 1 heterocycles. The van der Waals surface area contributed by atoms with Gasteiger partial charge in [0.2, 0.25) is 0 Å². The summed E-state index contributed by atoms with van der Waals surface area (Å²) < 4.78 is 0. The van der Waals surface area contributed by atoms with Gasteiger partial charge in [-0.2, -0.15) is 0 Å². The predicted molar refractivity (Wildman–Crippen MR) is 82.5 cm³/mol. The minimum absolute atomic E-state index is 0.202. The molecule has 2 nitrogen and oxygen atoms in total. The third-order valence-corrected chi connectivity index (χ3v) is 5.17. The number of thiophene rings is 1. The second kappa shape index (κ2) is 6.69. The van der Waals surface area contributed by atoms with E-state index in [-0.39, 0.29) is 5.54 Å². The molecule has 104 valence electrons. The van der Waals surface area contributed by atoms with Crippen LogP contribution >= 0.6 is 11.3 Å². The van der Waals surface area contributed by atoms with Crippen molar-refractivity contribution in [1.29, 1.82) is 0 Å². The maximum atomic E-state index is 3.71. The molecule has 18 heavy (non-hydrogen) atoms. The average molecular weight is 268 g/mol. The fourth-order valence-electron chi connectivity index (χ4n) is 2.92. The lowest BCUT2D eigenvalue weighted by molar-refractivity contribution is 0.0904. The number of nitrogens with one attached hydrogen (secondary N) is 1. The summed E-state index contributed by atoms with van der Waals surface area (Å²) in [5.41, 5.74) is 0.202. The zero-order chi connectivity index (χ0) is 13.8. The zero-order valence-corrected chi connectivity index (χ0v) is 13.5. The molecule has 0 amide bonds. The normalized spacial score (nSPS) is 14.2. The lowest BCUT2D eigenvalue weighted by Gasteiger charge is -2.45. The summed E-state index contributed by atoms with van der Waals surface area (Å²) in [6.07, 6.45) is 2.32. The van der Waals surface area contributed by atoms with Gasteiger partial charge in [0.05, 0.1) is 6.04 Å². The molecule has 3 heteroatoms. The van der Waals surface area contributed by atoms with Crippen LogP contribution in [-0.4, -0.2) is 31.1 Å². The Labute approximate surface area is 116 Å². The Balaban J connectivity index is 3.16. The predicted octanol–water partition coefficient (Wildman–Crippen LogP) is 3.83. The fraction of sp³-hybridized carbons (Fsp3) is 0.733. The molecule has 0 aromatic carbocycles. The number of hydrogen-bond acceptors (Lipinski definition) is 3. The van der Waals surface area contributed by atoms with E-state index in [4.69, 9.17) is 0 Å². The summed E-state index contributed by atoms with van der Waals surface area (Å²) in [5.74, 6) is 0. The van der Waals surface area contributed by atoms with Gasteiger partial charge < -0.3 is 10.2 Å². The van der Waals surface area contributed by atoms with Crippen LogP contribution in [0.4, 0.5) is 0 Å². The molecule has 1 aromatic rings. The van der Waals surface area contributed by atoms with Gasteiger partial charge in [-0.3, -0.25) is 0 Å². The number of aryl methyl sites for hydroxylation is 1. The maximum Gasteiger partial charge on any atom is 0.0601 e. The molecule has 0 spiro atoms. The van der Waals surface area contributed by atoms with Crippen LogP contribution in [0.15, 0.2) is 12.1 Å². The van der Waals surface area contributed by atoms with Crippen molar-refractivity contribution >= 4 is 11.3 Å². The van der Waals surface area contributed by atoms with Crippen LogP contribution in [0.3, 0.4) is 0 Å². The monoisotopic (exact) mass is 268 g/mol. The maximum absolute atomic E-state index is 3.71. The first-order chi connectivity index (χ1) is 8.51. The second-order valence-corrected chi connectivity index (χ2v) is 6.46. The van der Waals surface area contributed by atoms with Crippen LogP contribution in [0.2, 0.25) is 0 Å². The third kappa shape index (κ3) is 2.95. The van der Waals surface area contributed by atoms with Gasteiger partial charge >= 0.3 is 0 Å². The van der Waals surface area contributed by atoms with Crippen molar-refractivity contribution in [3.63, 3.8) is 0 Å². The van der Waals surface area contributed by atoms with Crippen LogP contribution in [-0.2, 0) is 0 Å².